The van der Waals surface area contributed by atoms with Gasteiger partial charge in [0.05, 0.1) is 23.9 Å². The van der Waals surface area contributed by atoms with Crippen molar-refractivity contribution in [1.82, 2.24) is 14.3 Å². The minimum atomic E-state index is -3.77. The molecule has 4 rings (SSSR count). The Morgan fingerprint density at radius 3 is 2.28 bits per heavy atom. The Kier molecular flexibility index (Phi) is 8.20. The van der Waals surface area contributed by atoms with Gasteiger partial charge in [0, 0.05) is 37.5 Å². The smallest absolute Gasteiger partial charge is 0.305 e. The number of sulfonamides is 1. The van der Waals surface area contributed by atoms with Crippen LogP contribution in [-0.4, -0.2) is 35.8 Å². The molecule has 7 nitrogen and oxygen atoms in total. The molecule has 184 valence electrons. The van der Waals surface area contributed by atoms with E-state index in [9.17, 15) is 13.2 Å². The summed E-state index contributed by atoms with van der Waals surface area (Å²) in [6.07, 6.45) is 5.74. The van der Waals surface area contributed by atoms with Crippen molar-refractivity contribution in [3.05, 3.63) is 114 Å². The average molecular weight is 502 g/mol. The molecule has 1 heterocycles. The molecule has 0 saturated carbocycles. The van der Waals surface area contributed by atoms with Crippen molar-refractivity contribution in [2.24, 2.45) is 0 Å². The van der Waals surface area contributed by atoms with Crippen LogP contribution in [0.25, 0.3) is 11.3 Å². The number of carbonyl (C=O) groups excluding carboxylic acids is 1. The third kappa shape index (κ3) is 6.41. The maximum absolute atomic E-state index is 13.6. The molecule has 0 aliphatic rings. The van der Waals surface area contributed by atoms with Crippen LogP contribution in [0.15, 0.2) is 102 Å². The molecule has 0 fully saturated rings. The van der Waals surface area contributed by atoms with E-state index >= 15 is 0 Å². The number of esters is 1. The van der Waals surface area contributed by atoms with E-state index in [1.54, 1.807) is 48.9 Å². The van der Waals surface area contributed by atoms with Crippen molar-refractivity contribution in [2.75, 3.05) is 7.11 Å². The number of carbonyl (C=O) groups is 1. The lowest BCUT2D eigenvalue weighted by molar-refractivity contribution is -0.140. The van der Waals surface area contributed by atoms with Crippen LogP contribution in [0.1, 0.15) is 23.1 Å². The molecule has 0 aliphatic heterocycles. The zero-order valence-electron chi connectivity index (χ0n) is 19.9. The summed E-state index contributed by atoms with van der Waals surface area (Å²) in [6, 6.07) is 23.7. The maximum Gasteiger partial charge on any atom is 0.305 e. The number of hydrogen-bond acceptors (Lipinski definition) is 6. The second-order valence-corrected chi connectivity index (χ2v) is 10.2. The number of ether oxygens (including phenoxy) is 1. The number of benzene rings is 3. The predicted molar refractivity (Wildman–Crippen MR) is 137 cm³/mol. The Balaban J connectivity index is 1.60. The molecule has 8 heteroatoms. The minimum absolute atomic E-state index is 0.190. The highest BCUT2D eigenvalue weighted by Gasteiger charge is 2.25. The molecule has 0 amide bonds. The molecule has 1 aromatic heterocycles. The van der Waals surface area contributed by atoms with Gasteiger partial charge in [0.2, 0.25) is 10.0 Å². The van der Waals surface area contributed by atoms with Crippen molar-refractivity contribution in [3.8, 4) is 11.3 Å². The third-order valence-electron chi connectivity index (χ3n) is 5.75. The number of aromatic nitrogens is 2. The highest BCUT2D eigenvalue weighted by atomic mass is 32.2. The number of nitrogens with zero attached hydrogens (tertiary/aromatic N) is 3. The molecule has 0 unspecified atom stereocenters. The molecule has 3 aromatic carbocycles. The van der Waals surface area contributed by atoms with E-state index in [2.05, 4.69) is 9.97 Å². The third-order valence-corrected chi connectivity index (χ3v) is 7.55. The van der Waals surface area contributed by atoms with E-state index in [4.69, 9.17) is 4.74 Å². The van der Waals surface area contributed by atoms with Gasteiger partial charge in [-0.05, 0) is 35.2 Å². The second kappa shape index (κ2) is 11.7. The van der Waals surface area contributed by atoms with Gasteiger partial charge in [0.25, 0.3) is 0 Å². The average Bonchev–Trinajstić information content (AvgIpc) is 2.93. The normalized spacial score (nSPS) is 11.4. The van der Waals surface area contributed by atoms with E-state index in [1.807, 2.05) is 48.5 Å². The lowest BCUT2D eigenvalue weighted by atomic mass is 10.1. The van der Waals surface area contributed by atoms with Crippen LogP contribution in [0.4, 0.5) is 0 Å². The highest BCUT2D eigenvalue weighted by Crippen LogP contribution is 2.23. The summed E-state index contributed by atoms with van der Waals surface area (Å²) in [5.74, 6) is -0.279. The number of hydrogen-bond donors (Lipinski definition) is 0. The summed E-state index contributed by atoms with van der Waals surface area (Å²) in [4.78, 5) is 20.2. The van der Waals surface area contributed by atoms with Crippen molar-refractivity contribution >= 4 is 16.0 Å². The quantitative estimate of drug-likeness (QED) is 0.294. The number of rotatable bonds is 10. The molecule has 36 heavy (non-hydrogen) atoms. The van der Waals surface area contributed by atoms with Gasteiger partial charge >= 0.3 is 5.97 Å². The minimum Gasteiger partial charge on any atom is -0.469 e. The van der Waals surface area contributed by atoms with Crippen LogP contribution in [-0.2, 0) is 39.1 Å². The molecule has 0 bridgehead atoms. The summed E-state index contributed by atoms with van der Waals surface area (Å²) in [7, 11) is -2.40. The van der Waals surface area contributed by atoms with E-state index < -0.39 is 10.0 Å². The fourth-order valence-corrected chi connectivity index (χ4v) is 5.27. The molecule has 0 atom stereocenters. The van der Waals surface area contributed by atoms with Crippen LogP contribution >= 0.6 is 0 Å². The van der Waals surface area contributed by atoms with E-state index in [-0.39, 0.29) is 30.4 Å². The van der Waals surface area contributed by atoms with Gasteiger partial charge in [-0.1, -0.05) is 66.7 Å². The van der Waals surface area contributed by atoms with Crippen LogP contribution < -0.4 is 0 Å². The van der Waals surface area contributed by atoms with Crippen molar-refractivity contribution < 1.29 is 17.9 Å². The Hall–Kier alpha value is -3.88. The maximum atomic E-state index is 13.6. The van der Waals surface area contributed by atoms with E-state index in [1.165, 1.54) is 11.4 Å². The summed E-state index contributed by atoms with van der Waals surface area (Å²) < 4.78 is 33.4. The SMILES string of the molecule is COC(=O)CCc1cccc(CN(Cc2ccc(-c3cnccn3)cc2)S(=O)(=O)c2ccccc2)c1. The van der Waals surface area contributed by atoms with Gasteiger partial charge in [0.15, 0.2) is 0 Å². The van der Waals surface area contributed by atoms with Gasteiger partial charge in [-0.15, -0.1) is 0 Å². The van der Waals surface area contributed by atoms with Gasteiger partial charge in [-0.25, -0.2) is 8.42 Å². The van der Waals surface area contributed by atoms with Crippen LogP contribution in [0.3, 0.4) is 0 Å². The predicted octanol–water partition coefficient (Wildman–Crippen LogP) is 4.64. The van der Waals surface area contributed by atoms with Crippen molar-refractivity contribution in [2.45, 2.75) is 30.8 Å². The Labute approximate surface area is 211 Å². The van der Waals surface area contributed by atoms with Crippen molar-refractivity contribution in [3.63, 3.8) is 0 Å². The van der Waals surface area contributed by atoms with E-state index in [0.717, 1.165) is 27.9 Å². The summed E-state index contributed by atoms with van der Waals surface area (Å²) in [6.45, 7) is 0.388. The zero-order chi connectivity index (χ0) is 25.4. The standard InChI is InChI=1S/C28H27N3O4S/c1-35-28(32)15-12-22-6-5-7-24(18-22)21-31(36(33,34)26-8-3-2-4-9-26)20-23-10-13-25(14-11-23)27-19-29-16-17-30-27/h2-11,13-14,16-19H,12,15,20-21H2,1H3. The summed E-state index contributed by atoms with van der Waals surface area (Å²) in [5.41, 5.74) is 4.30. The fourth-order valence-electron chi connectivity index (χ4n) is 3.84. The molecule has 4 aromatic rings. The highest BCUT2D eigenvalue weighted by molar-refractivity contribution is 7.89. The topological polar surface area (TPSA) is 89.5 Å². The second-order valence-electron chi connectivity index (χ2n) is 8.27. The van der Waals surface area contributed by atoms with Gasteiger partial charge in [0.1, 0.15) is 0 Å². The molecular formula is C28H27N3O4S. The molecule has 0 spiro atoms. The van der Waals surface area contributed by atoms with Crippen LogP contribution in [0, 0.1) is 0 Å². The molecular weight excluding hydrogens is 474 g/mol. The monoisotopic (exact) mass is 501 g/mol. The van der Waals surface area contributed by atoms with Crippen molar-refractivity contribution in [1.29, 1.82) is 0 Å². The van der Waals surface area contributed by atoms with Crippen LogP contribution in [0.2, 0.25) is 0 Å². The van der Waals surface area contributed by atoms with Crippen LogP contribution in [0.5, 0.6) is 0 Å². The first kappa shape index (κ1) is 25.2. The molecule has 0 N–H and O–H groups in total. The molecule has 0 saturated heterocycles. The summed E-state index contributed by atoms with van der Waals surface area (Å²) in [5, 5.41) is 0. The first-order chi connectivity index (χ1) is 17.5. The zero-order valence-corrected chi connectivity index (χ0v) is 20.8. The first-order valence-corrected chi connectivity index (χ1v) is 12.9. The molecule has 0 aliphatic carbocycles. The Morgan fingerprint density at radius 1 is 0.861 bits per heavy atom. The Morgan fingerprint density at radius 2 is 1.58 bits per heavy atom. The number of aryl methyl sites for hydroxylation is 1. The van der Waals surface area contributed by atoms with E-state index in [0.29, 0.717) is 6.42 Å². The Bertz CT molecular complexity index is 1390. The van der Waals surface area contributed by atoms with Gasteiger partial charge in [-0.2, -0.15) is 4.31 Å². The lowest BCUT2D eigenvalue weighted by Gasteiger charge is -2.23. The fraction of sp³-hybridized carbons (Fsp3) is 0.179. The molecule has 0 radical (unpaired) electrons. The largest absolute Gasteiger partial charge is 0.469 e. The lowest BCUT2D eigenvalue weighted by Crippen LogP contribution is -2.30. The first-order valence-electron chi connectivity index (χ1n) is 11.5. The summed E-state index contributed by atoms with van der Waals surface area (Å²) >= 11 is 0. The van der Waals surface area contributed by atoms with Gasteiger partial charge < -0.3 is 4.74 Å². The van der Waals surface area contributed by atoms with Gasteiger partial charge in [-0.3, -0.25) is 14.8 Å². The number of methoxy groups -OCH3 is 1.